The van der Waals surface area contributed by atoms with E-state index in [0.717, 1.165) is 0 Å². The number of carbonyl (C=O) groups is 1. The lowest BCUT2D eigenvalue weighted by Crippen LogP contribution is -2.22. The van der Waals surface area contributed by atoms with E-state index in [2.05, 4.69) is 10.3 Å². The van der Waals surface area contributed by atoms with E-state index in [0.29, 0.717) is 35.4 Å². The molecule has 0 aliphatic heterocycles. The molecule has 0 saturated carbocycles. The molecule has 0 fully saturated rings. The van der Waals surface area contributed by atoms with Gasteiger partial charge in [0.15, 0.2) is 0 Å². The van der Waals surface area contributed by atoms with Gasteiger partial charge in [-0.2, -0.15) is 0 Å². The summed E-state index contributed by atoms with van der Waals surface area (Å²) in [6, 6.07) is 10.2. The number of hydrogen-bond acceptors (Lipinski definition) is 4. The van der Waals surface area contributed by atoms with Crippen molar-refractivity contribution in [3.63, 3.8) is 0 Å². The first kappa shape index (κ1) is 18.2. The molecule has 1 amide bonds. The molecule has 128 valence electrons. The van der Waals surface area contributed by atoms with Gasteiger partial charge in [-0.3, -0.25) is 4.79 Å². The summed E-state index contributed by atoms with van der Waals surface area (Å²) in [5.41, 5.74) is 0.924. The number of nitrogens with one attached hydrogen (secondary N) is 1. The number of pyridine rings is 1. The first-order valence-corrected chi connectivity index (χ1v) is 8.01. The zero-order chi connectivity index (χ0) is 17.6. The van der Waals surface area contributed by atoms with Crippen molar-refractivity contribution in [1.82, 2.24) is 4.98 Å². The maximum absolute atomic E-state index is 12.1. The third kappa shape index (κ3) is 6.18. The van der Waals surface area contributed by atoms with E-state index in [-0.39, 0.29) is 11.5 Å². The third-order valence-electron chi connectivity index (χ3n) is 2.97. The number of nitrogens with zero attached hydrogens (tertiary/aromatic N) is 1. The smallest absolute Gasteiger partial charge is 0.257 e. The standard InChI is InChI=1S/C18H21ClN2O3/c1-18(2,3)24-11-10-23-16-9-4-13(12-20-16)17(22)21-15-7-5-14(19)6-8-15/h4-9,12H,10-11H2,1-3H3,(H,21,22). The number of anilines is 1. The SMILES string of the molecule is CC(C)(C)OCCOc1ccc(C(=O)Nc2ccc(Cl)cc2)cn1. The summed E-state index contributed by atoms with van der Waals surface area (Å²) < 4.78 is 11.0. The summed E-state index contributed by atoms with van der Waals surface area (Å²) in [5, 5.41) is 3.39. The molecule has 1 N–H and O–H groups in total. The topological polar surface area (TPSA) is 60.5 Å². The molecule has 24 heavy (non-hydrogen) atoms. The minimum atomic E-state index is -0.243. The van der Waals surface area contributed by atoms with Crippen LogP contribution in [0.3, 0.4) is 0 Å². The van der Waals surface area contributed by atoms with Crippen molar-refractivity contribution in [2.24, 2.45) is 0 Å². The van der Waals surface area contributed by atoms with Crippen LogP contribution in [0.2, 0.25) is 5.02 Å². The van der Waals surface area contributed by atoms with Crippen LogP contribution in [0.1, 0.15) is 31.1 Å². The van der Waals surface area contributed by atoms with Crippen molar-refractivity contribution in [3.05, 3.63) is 53.2 Å². The monoisotopic (exact) mass is 348 g/mol. The van der Waals surface area contributed by atoms with Crippen LogP contribution >= 0.6 is 11.6 Å². The molecule has 0 aliphatic rings. The minimum Gasteiger partial charge on any atom is -0.475 e. The Morgan fingerprint density at radius 3 is 2.42 bits per heavy atom. The Morgan fingerprint density at radius 1 is 1.12 bits per heavy atom. The van der Waals surface area contributed by atoms with Crippen LogP contribution in [-0.2, 0) is 4.74 Å². The molecule has 5 nitrogen and oxygen atoms in total. The van der Waals surface area contributed by atoms with E-state index in [1.54, 1.807) is 36.4 Å². The summed E-state index contributed by atoms with van der Waals surface area (Å²) in [5.74, 6) is 0.211. The molecule has 6 heteroatoms. The zero-order valence-corrected chi connectivity index (χ0v) is 14.8. The van der Waals surface area contributed by atoms with E-state index in [1.165, 1.54) is 6.20 Å². The normalized spacial score (nSPS) is 11.2. The predicted octanol–water partition coefficient (Wildman–Crippen LogP) is 4.18. The molecular formula is C18H21ClN2O3. The van der Waals surface area contributed by atoms with Crippen molar-refractivity contribution in [2.45, 2.75) is 26.4 Å². The van der Waals surface area contributed by atoms with Crippen molar-refractivity contribution >= 4 is 23.2 Å². The highest BCUT2D eigenvalue weighted by molar-refractivity contribution is 6.30. The summed E-state index contributed by atoms with van der Waals surface area (Å²) in [6.45, 7) is 6.84. The van der Waals surface area contributed by atoms with Crippen LogP contribution in [0.4, 0.5) is 5.69 Å². The Balaban J connectivity index is 1.84. The maximum atomic E-state index is 12.1. The highest BCUT2D eigenvalue weighted by Crippen LogP contribution is 2.15. The molecule has 1 aromatic carbocycles. The molecule has 1 heterocycles. The molecule has 0 aliphatic carbocycles. The third-order valence-corrected chi connectivity index (χ3v) is 3.22. The van der Waals surface area contributed by atoms with Crippen LogP contribution in [0.15, 0.2) is 42.6 Å². The van der Waals surface area contributed by atoms with Gasteiger partial charge in [-0.1, -0.05) is 11.6 Å². The van der Waals surface area contributed by atoms with Gasteiger partial charge < -0.3 is 14.8 Å². The van der Waals surface area contributed by atoms with Crippen molar-refractivity contribution in [2.75, 3.05) is 18.5 Å². The van der Waals surface area contributed by atoms with E-state index >= 15 is 0 Å². The number of halogens is 1. The van der Waals surface area contributed by atoms with Crippen molar-refractivity contribution in [1.29, 1.82) is 0 Å². The number of rotatable bonds is 6. The Kier molecular flexibility index (Phi) is 6.17. The van der Waals surface area contributed by atoms with Gasteiger partial charge >= 0.3 is 0 Å². The first-order valence-electron chi connectivity index (χ1n) is 7.63. The average Bonchev–Trinajstić information content (AvgIpc) is 2.53. The lowest BCUT2D eigenvalue weighted by atomic mass is 10.2. The van der Waals surface area contributed by atoms with Gasteiger partial charge in [0.25, 0.3) is 5.91 Å². The summed E-state index contributed by atoms with van der Waals surface area (Å²) in [4.78, 5) is 16.3. The number of carbonyl (C=O) groups excluding carboxylic acids is 1. The Hall–Kier alpha value is -2.11. The van der Waals surface area contributed by atoms with E-state index < -0.39 is 0 Å². The Bertz CT molecular complexity index is 664. The first-order chi connectivity index (χ1) is 11.3. The van der Waals surface area contributed by atoms with Crippen LogP contribution in [0.25, 0.3) is 0 Å². The van der Waals surface area contributed by atoms with Gasteiger partial charge in [0.1, 0.15) is 6.61 Å². The average molecular weight is 349 g/mol. The van der Waals surface area contributed by atoms with Gasteiger partial charge in [0.05, 0.1) is 17.8 Å². The second kappa shape index (κ2) is 8.13. The molecule has 0 bridgehead atoms. The van der Waals surface area contributed by atoms with Gasteiger partial charge in [0.2, 0.25) is 5.88 Å². The fourth-order valence-corrected chi connectivity index (χ4v) is 1.96. The fraction of sp³-hybridized carbons (Fsp3) is 0.333. The Labute approximate surface area is 147 Å². The molecule has 0 radical (unpaired) electrons. The van der Waals surface area contributed by atoms with Crippen LogP contribution in [-0.4, -0.2) is 29.7 Å². The van der Waals surface area contributed by atoms with Crippen LogP contribution in [0, 0.1) is 0 Å². The largest absolute Gasteiger partial charge is 0.475 e. The van der Waals surface area contributed by atoms with Gasteiger partial charge in [-0.05, 0) is 51.1 Å². The van der Waals surface area contributed by atoms with E-state index in [9.17, 15) is 4.79 Å². The van der Waals surface area contributed by atoms with E-state index in [1.807, 2.05) is 20.8 Å². The summed E-state index contributed by atoms with van der Waals surface area (Å²) in [6.07, 6.45) is 1.48. The summed E-state index contributed by atoms with van der Waals surface area (Å²) >= 11 is 5.81. The fourth-order valence-electron chi connectivity index (χ4n) is 1.83. The Morgan fingerprint density at radius 2 is 1.83 bits per heavy atom. The van der Waals surface area contributed by atoms with Gasteiger partial charge in [-0.25, -0.2) is 4.98 Å². The van der Waals surface area contributed by atoms with Crippen LogP contribution in [0.5, 0.6) is 5.88 Å². The number of amides is 1. The lowest BCUT2D eigenvalue weighted by Gasteiger charge is -2.19. The highest BCUT2D eigenvalue weighted by Gasteiger charge is 2.10. The number of ether oxygens (including phenoxy) is 2. The van der Waals surface area contributed by atoms with E-state index in [4.69, 9.17) is 21.1 Å². The molecule has 2 rings (SSSR count). The van der Waals surface area contributed by atoms with Gasteiger partial charge in [0, 0.05) is 23.0 Å². The number of hydrogen-bond donors (Lipinski definition) is 1. The molecule has 0 atom stereocenters. The molecule has 0 unspecified atom stereocenters. The minimum absolute atomic E-state index is 0.194. The number of benzene rings is 1. The van der Waals surface area contributed by atoms with Crippen LogP contribution < -0.4 is 10.1 Å². The van der Waals surface area contributed by atoms with Gasteiger partial charge in [-0.15, -0.1) is 0 Å². The number of aromatic nitrogens is 1. The second-order valence-corrected chi connectivity index (χ2v) is 6.59. The molecule has 0 saturated heterocycles. The predicted molar refractivity (Wildman–Crippen MR) is 94.8 cm³/mol. The highest BCUT2D eigenvalue weighted by atomic mass is 35.5. The molecule has 1 aromatic heterocycles. The zero-order valence-electron chi connectivity index (χ0n) is 14.0. The quantitative estimate of drug-likeness (QED) is 0.795. The van der Waals surface area contributed by atoms with Crippen molar-refractivity contribution < 1.29 is 14.3 Å². The maximum Gasteiger partial charge on any atom is 0.257 e. The van der Waals surface area contributed by atoms with Crippen molar-refractivity contribution in [3.8, 4) is 5.88 Å². The summed E-state index contributed by atoms with van der Waals surface area (Å²) in [7, 11) is 0. The second-order valence-electron chi connectivity index (χ2n) is 6.16. The molecule has 0 spiro atoms. The molecular weight excluding hydrogens is 328 g/mol. The molecule has 2 aromatic rings. The lowest BCUT2D eigenvalue weighted by molar-refractivity contribution is -0.0168.